The maximum Gasteiger partial charge on any atom is 0.407 e. The first-order valence-corrected chi connectivity index (χ1v) is 9.01. The van der Waals surface area contributed by atoms with E-state index in [1.807, 2.05) is 36.0 Å². The van der Waals surface area contributed by atoms with Crippen LogP contribution in [-0.2, 0) is 10.5 Å². The average Bonchev–Trinajstić information content (AvgIpc) is 2.73. The first-order chi connectivity index (χ1) is 11.3. The zero-order valence-electron chi connectivity index (χ0n) is 13.2. The molecule has 1 unspecified atom stereocenters. The molecule has 1 heterocycles. The van der Waals surface area contributed by atoms with Crippen molar-refractivity contribution in [2.45, 2.75) is 36.5 Å². The number of ether oxygens (including phenoxy) is 1. The van der Waals surface area contributed by atoms with E-state index in [2.05, 4.69) is 36.5 Å². The predicted octanol–water partition coefficient (Wildman–Crippen LogP) is 4.91. The summed E-state index contributed by atoms with van der Waals surface area (Å²) in [5, 5.41) is 3.06. The Morgan fingerprint density at radius 3 is 2.74 bits per heavy atom. The minimum atomic E-state index is -0.347. The number of benzene rings is 2. The Labute approximate surface area is 141 Å². The molecule has 0 spiro atoms. The number of unbranched alkanes of at least 4 members (excludes halogenated alkanes) is 1. The average molecular weight is 327 g/mol. The molecule has 1 aliphatic rings. The summed E-state index contributed by atoms with van der Waals surface area (Å²) in [7, 11) is 0. The number of fused-ring (bicyclic) bond motifs is 2. The van der Waals surface area contributed by atoms with Gasteiger partial charge in [-0.05, 0) is 29.2 Å². The van der Waals surface area contributed by atoms with Crippen molar-refractivity contribution in [2.75, 3.05) is 6.61 Å². The SMILES string of the molecule is CCCCOC(=O)NC1c2ccccc2CSc2ccccc21. The van der Waals surface area contributed by atoms with E-state index in [-0.39, 0.29) is 12.1 Å². The molecule has 1 atom stereocenters. The Morgan fingerprint density at radius 2 is 1.91 bits per heavy atom. The fourth-order valence-electron chi connectivity index (χ4n) is 2.74. The number of alkyl carbamates (subject to hydrolysis) is 1. The summed E-state index contributed by atoms with van der Waals surface area (Å²) in [6.07, 6.45) is 1.56. The largest absolute Gasteiger partial charge is 0.450 e. The van der Waals surface area contributed by atoms with Gasteiger partial charge in [0.1, 0.15) is 0 Å². The second kappa shape index (κ2) is 7.55. The molecular weight excluding hydrogens is 306 g/mol. The monoisotopic (exact) mass is 327 g/mol. The third kappa shape index (κ3) is 3.70. The van der Waals surface area contributed by atoms with E-state index in [4.69, 9.17) is 4.74 Å². The van der Waals surface area contributed by atoms with E-state index >= 15 is 0 Å². The van der Waals surface area contributed by atoms with Crippen LogP contribution >= 0.6 is 11.8 Å². The van der Waals surface area contributed by atoms with Crippen LogP contribution < -0.4 is 5.32 Å². The van der Waals surface area contributed by atoms with Crippen LogP contribution in [0.15, 0.2) is 53.4 Å². The highest BCUT2D eigenvalue weighted by molar-refractivity contribution is 7.98. The van der Waals surface area contributed by atoms with Crippen molar-refractivity contribution in [3.63, 3.8) is 0 Å². The van der Waals surface area contributed by atoms with Gasteiger partial charge >= 0.3 is 6.09 Å². The lowest BCUT2D eigenvalue weighted by Gasteiger charge is -2.21. The van der Waals surface area contributed by atoms with Gasteiger partial charge in [-0.15, -0.1) is 11.8 Å². The number of hydrogen-bond donors (Lipinski definition) is 1. The van der Waals surface area contributed by atoms with E-state index in [1.165, 1.54) is 10.5 Å². The van der Waals surface area contributed by atoms with Crippen LogP contribution in [0.5, 0.6) is 0 Å². The zero-order chi connectivity index (χ0) is 16.1. The maximum absolute atomic E-state index is 12.2. The summed E-state index contributed by atoms with van der Waals surface area (Å²) in [4.78, 5) is 13.4. The Morgan fingerprint density at radius 1 is 1.17 bits per heavy atom. The Balaban J connectivity index is 1.89. The van der Waals surface area contributed by atoms with E-state index < -0.39 is 0 Å². The quantitative estimate of drug-likeness (QED) is 0.811. The van der Waals surface area contributed by atoms with E-state index in [9.17, 15) is 4.79 Å². The van der Waals surface area contributed by atoms with Crippen LogP contribution in [-0.4, -0.2) is 12.7 Å². The lowest BCUT2D eigenvalue weighted by atomic mass is 9.95. The van der Waals surface area contributed by atoms with E-state index in [0.717, 1.165) is 29.7 Å². The summed E-state index contributed by atoms with van der Waals surface area (Å²) in [6.45, 7) is 2.55. The van der Waals surface area contributed by atoms with Crippen molar-refractivity contribution in [1.82, 2.24) is 5.32 Å². The Bertz CT molecular complexity index is 639. The van der Waals surface area contributed by atoms with E-state index in [1.54, 1.807) is 0 Å². The van der Waals surface area contributed by atoms with Crippen LogP contribution in [0.3, 0.4) is 0 Å². The number of hydrogen-bond acceptors (Lipinski definition) is 3. The summed E-state index contributed by atoms with van der Waals surface area (Å²) in [5.41, 5.74) is 3.54. The second-order valence-corrected chi connectivity index (χ2v) is 6.61. The highest BCUT2D eigenvalue weighted by atomic mass is 32.2. The third-order valence-corrected chi connectivity index (χ3v) is 5.11. The van der Waals surface area contributed by atoms with Gasteiger partial charge in [-0.3, -0.25) is 0 Å². The molecule has 2 aromatic carbocycles. The summed E-state index contributed by atoms with van der Waals surface area (Å²) < 4.78 is 5.30. The van der Waals surface area contributed by atoms with Gasteiger partial charge in [0.25, 0.3) is 0 Å². The smallest absolute Gasteiger partial charge is 0.407 e. The highest BCUT2D eigenvalue weighted by Gasteiger charge is 2.25. The molecule has 0 aliphatic carbocycles. The molecule has 3 rings (SSSR count). The van der Waals surface area contributed by atoms with Crippen molar-refractivity contribution in [3.05, 3.63) is 65.2 Å². The molecule has 1 N–H and O–H groups in total. The minimum absolute atomic E-state index is 0.161. The molecule has 3 nitrogen and oxygen atoms in total. The van der Waals surface area contributed by atoms with Gasteiger partial charge in [0, 0.05) is 10.6 Å². The number of amides is 1. The Hall–Kier alpha value is -1.94. The number of carbonyl (C=O) groups is 1. The normalized spacial score (nSPS) is 16.0. The van der Waals surface area contributed by atoms with Gasteiger partial charge in [0.2, 0.25) is 0 Å². The Kier molecular flexibility index (Phi) is 5.23. The third-order valence-electron chi connectivity index (χ3n) is 3.97. The molecule has 1 aliphatic heterocycles. The van der Waals surface area contributed by atoms with Gasteiger partial charge in [0.15, 0.2) is 0 Å². The van der Waals surface area contributed by atoms with Crippen molar-refractivity contribution in [1.29, 1.82) is 0 Å². The number of rotatable bonds is 4. The molecule has 0 saturated carbocycles. The van der Waals surface area contributed by atoms with Crippen LogP contribution in [0.4, 0.5) is 4.79 Å². The number of nitrogens with one attached hydrogen (secondary N) is 1. The second-order valence-electron chi connectivity index (χ2n) is 5.59. The molecule has 0 saturated heterocycles. The molecule has 0 radical (unpaired) electrons. The standard InChI is InChI=1S/C19H21NO2S/c1-2-3-12-22-19(21)20-18-15-9-5-4-8-14(15)13-23-17-11-7-6-10-16(17)18/h4-11,18H,2-3,12-13H2,1H3,(H,20,21). The molecule has 1 amide bonds. The number of carbonyl (C=O) groups excluding carboxylic acids is 1. The van der Waals surface area contributed by atoms with Crippen molar-refractivity contribution < 1.29 is 9.53 Å². The van der Waals surface area contributed by atoms with Crippen LogP contribution in [0.1, 0.15) is 42.5 Å². The van der Waals surface area contributed by atoms with Gasteiger partial charge in [-0.1, -0.05) is 55.8 Å². The molecule has 4 heteroatoms. The maximum atomic E-state index is 12.2. The van der Waals surface area contributed by atoms with Gasteiger partial charge in [0.05, 0.1) is 12.6 Å². The van der Waals surface area contributed by atoms with Crippen molar-refractivity contribution in [3.8, 4) is 0 Å². The first-order valence-electron chi connectivity index (χ1n) is 8.02. The highest BCUT2D eigenvalue weighted by Crippen LogP contribution is 2.39. The molecule has 2 aromatic rings. The van der Waals surface area contributed by atoms with Crippen molar-refractivity contribution >= 4 is 17.9 Å². The fraction of sp³-hybridized carbons (Fsp3) is 0.316. The summed E-state index contributed by atoms with van der Waals surface area (Å²) in [5.74, 6) is 0.913. The molecule has 0 fully saturated rings. The minimum Gasteiger partial charge on any atom is -0.450 e. The van der Waals surface area contributed by atoms with E-state index in [0.29, 0.717) is 6.61 Å². The summed E-state index contributed by atoms with van der Waals surface area (Å²) >= 11 is 1.81. The van der Waals surface area contributed by atoms with Crippen molar-refractivity contribution in [2.24, 2.45) is 0 Å². The fourth-order valence-corrected chi connectivity index (χ4v) is 3.85. The predicted molar refractivity (Wildman–Crippen MR) is 93.7 cm³/mol. The van der Waals surface area contributed by atoms with Gasteiger partial charge in [-0.2, -0.15) is 0 Å². The summed E-state index contributed by atoms with van der Waals surface area (Å²) in [6, 6.07) is 16.4. The van der Waals surface area contributed by atoms with Crippen LogP contribution in [0.2, 0.25) is 0 Å². The first kappa shape index (κ1) is 15.9. The lowest BCUT2D eigenvalue weighted by Crippen LogP contribution is -2.30. The molecule has 120 valence electrons. The zero-order valence-corrected chi connectivity index (χ0v) is 14.1. The lowest BCUT2D eigenvalue weighted by molar-refractivity contribution is 0.142. The molecule has 0 bridgehead atoms. The topological polar surface area (TPSA) is 38.3 Å². The molecule has 0 aromatic heterocycles. The van der Waals surface area contributed by atoms with Crippen LogP contribution in [0, 0.1) is 0 Å². The molecule has 23 heavy (non-hydrogen) atoms. The van der Waals surface area contributed by atoms with Crippen LogP contribution in [0.25, 0.3) is 0 Å². The van der Waals surface area contributed by atoms with Gasteiger partial charge in [-0.25, -0.2) is 4.79 Å². The number of thioether (sulfide) groups is 1. The van der Waals surface area contributed by atoms with Gasteiger partial charge < -0.3 is 10.1 Å². The molecular formula is C19H21NO2S.